The smallest absolute Gasteiger partial charge is 0.341 e. The molecule has 0 radical (unpaired) electrons. The minimum absolute atomic E-state index is 0.0535. The number of nitrogens with one attached hydrogen (secondary N) is 2. The number of anilines is 1. The molecule has 3 rings (SSSR count). The van der Waals surface area contributed by atoms with E-state index in [1.54, 1.807) is 18.4 Å². The number of hydrogen-bond acceptors (Lipinski definition) is 6. The van der Waals surface area contributed by atoms with E-state index < -0.39 is 21.8 Å². The Labute approximate surface area is 192 Å². The van der Waals surface area contributed by atoms with E-state index in [2.05, 4.69) is 10.6 Å². The van der Waals surface area contributed by atoms with E-state index in [9.17, 15) is 9.59 Å². The third-order valence-corrected chi connectivity index (χ3v) is 5.54. The van der Waals surface area contributed by atoms with Gasteiger partial charge in [-0.3, -0.25) is 4.79 Å². The van der Waals surface area contributed by atoms with Crippen molar-refractivity contribution in [2.75, 3.05) is 11.9 Å². The highest BCUT2D eigenvalue weighted by Gasteiger charge is 2.36. The Morgan fingerprint density at radius 2 is 1.90 bits per heavy atom. The maximum Gasteiger partial charge on any atom is 0.341 e. The molecule has 1 unspecified atom stereocenters. The zero-order chi connectivity index (χ0) is 21.7. The van der Waals surface area contributed by atoms with E-state index in [0.29, 0.717) is 16.1 Å². The van der Waals surface area contributed by atoms with E-state index in [-0.39, 0.29) is 12.4 Å². The van der Waals surface area contributed by atoms with Crippen LogP contribution in [-0.4, -0.2) is 28.4 Å². The van der Waals surface area contributed by atoms with E-state index in [4.69, 9.17) is 44.0 Å². The van der Waals surface area contributed by atoms with Crippen molar-refractivity contribution >= 4 is 63.0 Å². The predicted octanol–water partition coefficient (Wildman–Crippen LogP) is 5.72. The topological polar surface area (TPSA) is 80.6 Å². The molecular formula is C20H17Cl3N2O4S. The van der Waals surface area contributed by atoms with Gasteiger partial charge in [0.2, 0.25) is 3.79 Å². The fourth-order valence-electron chi connectivity index (χ4n) is 2.64. The second-order valence-electron chi connectivity index (χ2n) is 6.01. The van der Waals surface area contributed by atoms with Crippen LogP contribution in [0.2, 0.25) is 0 Å². The Morgan fingerprint density at radius 1 is 1.17 bits per heavy atom. The van der Waals surface area contributed by atoms with Crippen molar-refractivity contribution in [3.63, 3.8) is 0 Å². The summed E-state index contributed by atoms with van der Waals surface area (Å²) in [4.78, 5) is 25.1. The number of carbonyl (C=O) groups excluding carboxylic acids is 2. The molecule has 30 heavy (non-hydrogen) atoms. The van der Waals surface area contributed by atoms with Crippen LogP contribution >= 0.6 is 46.1 Å². The summed E-state index contributed by atoms with van der Waals surface area (Å²) >= 11 is 19.5. The minimum Gasteiger partial charge on any atom is -0.462 e. The van der Waals surface area contributed by atoms with Gasteiger partial charge in [-0.1, -0.05) is 65.1 Å². The van der Waals surface area contributed by atoms with Gasteiger partial charge in [0.1, 0.15) is 16.7 Å². The predicted molar refractivity (Wildman–Crippen MR) is 120 cm³/mol. The lowest BCUT2D eigenvalue weighted by molar-refractivity contribution is 0.0529. The zero-order valence-electron chi connectivity index (χ0n) is 15.7. The van der Waals surface area contributed by atoms with Crippen molar-refractivity contribution in [1.29, 1.82) is 0 Å². The number of halogens is 3. The molecule has 0 aliphatic carbocycles. The van der Waals surface area contributed by atoms with Crippen LogP contribution in [0.3, 0.4) is 0 Å². The molecular weight excluding hydrogens is 471 g/mol. The van der Waals surface area contributed by atoms with Crippen molar-refractivity contribution in [2.24, 2.45) is 0 Å². The number of ether oxygens (including phenoxy) is 1. The zero-order valence-corrected chi connectivity index (χ0v) is 18.7. The van der Waals surface area contributed by atoms with Gasteiger partial charge in [-0.15, -0.1) is 11.3 Å². The Balaban J connectivity index is 1.95. The Kier molecular flexibility index (Phi) is 7.31. The maximum absolute atomic E-state index is 12.7. The van der Waals surface area contributed by atoms with Crippen LogP contribution in [0.4, 0.5) is 5.00 Å². The van der Waals surface area contributed by atoms with Gasteiger partial charge >= 0.3 is 5.97 Å². The Morgan fingerprint density at radius 3 is 2.50 bits per heavy atom. The summed E-state index contributed by atoms with van der Waals surface area (Å²) in [6.07, 6.45) is 0.201. The number of benzene rings is 1. The van der Waals surface area contributed by atoms with Gasteiger partial charge in [0.15, 0.2) is 5.76 Å². The molecule has 2 N–H and O–H groups in total. The molecule has 2 aromatic heterocycles. The van der Waals surface area contributed by atoms with Gasteiger partial charge in [-0.2, -0.15) is 0 Å². The summed E-state index contributed by atoms with van der Waals surface area (Å²) in [5.74, 6) is -1.06. The van der Waals surface area contributed by atoms with Crippen molar-refractivity contribution in [3.05, 3.63) is 65.4 Å². The van der Waals surface area contributed by atoms with Gasteiger partial charge in [-0.25, -0.2) is 4.79 Å². The van der Waals surface area contributed by atoms with E-state index in [1.807, 2.05) is 30.3 Å². The van der Waals surface area contributed by atoms with Crippen LogP contribution in [0.25, 0.3) is 11.1 Å². The fourth-order valence-corrected chi connectivity index (χ4v) is 3.96. The Bertz CT molecular complexity index is 1000. The second-order valence-corrected chi connectivity index (χ2v) is 9.26. The first-order valence-electron chi connectivity index (χ1n) is 8.83. The molecule has 1 aromatic carbocycles. The highest BCUT2D eigenvalue weighted by Crippen LogP contribution is 2.39. The van der Waals surface area contributed by atoms with Crippen LogP contribution in [0, 0.1) is 0 Å². The summed E-state index contributed by atoms with van der Waals surface area (Å²) in [6, 6.07) is 12.4. The molecule has 0 saturated carbocycles. The molecule has 158 valence electrons. The molecule has 0 bridgehead atoms. The van der Waals surface area contributed by atoms with Gasteiger partial charge in [-0.05, 0) is 24.6 Å². The van der Waals surface area contributed by atoms with Crippen LogP contribution in [0.1, 0.15) is 27.8 Å². The molecule has 0 saturated heterocycles. The standard InChI is InChI=1S/C20H17Cl3N2O4S/c1-2-28-18(27)15-13(12-7-4-3-5-8-12)11-30-17(15)25-19(20(21,22)23)24-16(26)14-9-6-10-29-14/h3-11,19,25H,2H2,1H3,(H,24,26). The van der Waals surface area contributed by atoms with Gasteiger partial charge in [0.25, 0.3) is 5.91 Å². The molecule has 1 amide bonds. The summed E-state index contributed by atoms with van der Waals surface area (Å²) in [6.45, 7) is 1.92. The molecule has 10 heteroatoms. The molecule has 6 nitrogen and oxygen atoms in total. The number of esters is 1. The quantitative estimate of drug-likeness (QED) is 0.253. The molecule has 2 heterocycles. The third-order valence-electron chi connectivity index (χ3n) is 3.98. The lowest BCUT2D eigenvalue weighted by Gasteiger charge is -2.26. The third kappa shape index (κ3) is 5.29. The normalized spacial score (nSPS) is 12.3. The van der Waals surface area contributed by atoms with Crippen LogP contribution in [0.15, 0.2) is 58.5 Å². The van der Waals surface area contributed by atoms with Gasteiger partial charge < -0.3 is 19.8 Å². The summed E-state index contributed by atoms with van der Waals surface area (Å²) in [5, 5.41) is 7.72. The highest BCUT2D eigenvalue weighted by molar-refractivity contribution is 7.15. The average Bonchev–Trinajstić information content (AvgIpc) is 3.38. The highest BCUT2D eigenvalue weighted by atomic mass is 35.6. The summed E-state index contributed by atoms with van der Waals surface area (Å²) < 4.78 is 8.37. The average molecular weight is 488 g/mol. The van der Waals surface area contributed by atoms with Crippen LogP contribution in [0.5, 0.6) is 0 Å². The number of hydrogen-bond donors (Lipinski definition) is 2. The van der Waals surface area contributed by atoms with E-state index >= 15 is 0 Å². The van der Waals surface area contributed by atoms with E-state index in [0.717, 1.165) is 5.56 Å². The molecule has 1 atom stereocenters. The minimum atomic E-state index is -1.93. The second kappa shape index (κ2) is 9.75. The molecule has 0 fully saturated rings. The number of alkyl halides is 3. The lowest BCUT2D eigenvalue weighted by atomic mass is 10.0. The van der Waals surface area contributed by atoms with Gasteiger partial charge in [0.05, 0.1) is 12.9 Å². The number of rotatable bonds is 7. The largest absolute Gasteiger partial charge is 0.462 e. The van der Waals surface area contributed by atoms with E-state index in [1.165, 1.54) is 23.7 Å². The summed E-state index contributed by atoms with van der Waals surface area (Å²) in [7, 11) is 0. The van der Waals surface area contributed by atoms with Crippen LogP contribution < -0.4 is 10.6 Å². The SMILES string of the molecule is CCOC(=O)c1c(-c2ccccc2)csc1NC(NC(=O)c1ccco1)C(Cl)(Cl)Cl. The number of carbonyl (C=O) groups is 2. The molecule has 3 aromatic rings. The monoisotopic (exact) mass is 486 g/mol. The maximum atomic E-state index is 12.7. The van der Waals surface area contributed by atoms with Crippen molar-refractivity contribution < 1.29 is 18.7 Å². The number of thiophene rings is 1. The first-order chi connectivity index (χ1) is 14.3. The van der Waals surface area contributed by atoms with Gasteiger partial charge in [0, 0.05) is 10.9 Å². The Hall–Kier alpha value is -2.19. The van der Waals surface area contributed by atoms with Crippen molar-refractivity contribution in [1.82, 2.24) is 5.32 Å². The molecule has 0 spiro atoms. The summed E-state index contributed by atoms with van der Waals surface area (Å²) in [5.41, 5.74) is 1.79. The lowest BCUT2D eigenvalue weighted by Crippen LogP contribution is -2.49. The fraction of sp³-hybridized carbons (Fsp3) is 0.200. The molecule has 0 aliphatic heterocycles. The first-order valence-corrected chi connectivity index (χ1v) is 10.8. The first kappa shape index (κ1) is 22.5. The number of furan rings is 1. The van der Waals surface area contributed by atoms with Crippen molar-refractivity contribution in [3.8, 4) is 11.1 Å². The van der Waals surface area contributed by atoms with Crippen LogP contribution in [-0.2, 0) is 4.74 Å². The molecule has 0 aliphatic rings. The van der Waals surface area contributed by atoms with Crippen molar-refractivity contribution in [2.45, 2.75) is 16.9 Å². The number of amides is 1.